The first-order valence-corrected chi connectivity index (χ1v) is 4.72. The van der Waals surface area contributed by atoms with Gasteiger partial charge in [0.25, 0.3) is 0 Å². The van der Waals surface area contributed by atoms with Crippen LogP contribution in [-0.2, 0) is 24.7 Å². The highest BCUT2D eigenvalue weighted by Crippen LogP contribution is 2.24. The maximum atomic E-state index is 11.3. The zero-order chi connectivity index (χ0) is 10.1. The molecule has 0 aliphatic heterocycles. The van der Waals surface area contributed by atoms with Crippen molar-refractivity contribution in [1.29, 1.82) is 0 Å². The molecule has 5 nitrogen and oxygen atoms in total. The minimum atomic E-state index is -0.0699. The van der Waals surface area contributed by atoms with Crippen LogP contribution in [0.2, 0.25) is 0 Å². The number of nitrogens with two attached hydrogens (primary N) is 1. The lowest BCUT2D eigenvalue weighted by molar-refractivity contribution is -0.125. The third kappa shape index (κ3) is 1.39. The number of fused-ring (bicyclic) bond motifs is 1. The number of hydrogen-bond acceptors (Lipinski definition) is 3. The van der Waals surface area contributed by atoms with Crippen molar-refractivity contribution >= 4 is 5.91 Å². The Bertz CT molecular complexity index is 358. The van der Waals surface area contributed by atoms with E-state index >= 15 is 0 Å². The van der Waals surface area contributed by atoms with Crippen molar-refractivity contribution in [2.75, 3.05) is 0 Å². The van der Waals surface area contributed by atoms with Gasteiger partial charge in [0.05, 0.1) is 6.20 Å². The second-order valence-corrected chi connectivity index (χ2v) is 3.69. The van der Waals surface area contributed by atoms with Crippen LogP contribution < -0.4 is 11.3 Å². The number of hydrogen-bond donors (Lipinski definition) is 2. The van der Waals surface area contributed by atoms with Crippen LogP contribution in [-0.4, -0.2) is 15.7 Å². The second kappa shape index (κ2) is 3.42. The molecule has 0 unspecified atom stereocenters. The molecule has 76 valence electrons. The quantitative estimate of drug-likeness (QED) is 0.360. The number of nitrogens with zero attached hydrogens (tertiary/aromatic N) is 2. The van der Waals surface area contributed by atoms with Gasteiger partial charge in [-0.05, 0) is 24.8 Å². The van der Waals surface area contributed by atoms with E-state index in [0.29, 0.717) is 0 Å². The average molecular weight is 194 g/mol. The van der Waals surface area contributed by atoms with Crippen molar-refractivity contribution in [2.24, 2.45) is 18.8 Å². The summed E-state index contributed by atoms with van der Waals surface area (Å²) in [4.78, 5) is 11.3. The summed E-state index contributed by atoms with van der Waals surface area (Å²) in [7, 11) is 1.93. The molecule has 14 heavy (non-hydrogen) atoms. The summed E-state index contributed by atoms with van der Waals surface area (Å²) in [6.45, 7) is 0. The number of nitrogens with one attached hydrogen (secondary N) is 1. The second-order valence-electron chi connectivity index (χ2n) is 3.69. The lowest BCUT2D eigenvalue weighted by Gasteiger charge is -2.20. The van der Waals surface area contributed by atoms with Crippen molar-refractivity contribution < 1.29 is 4.79 Å². The monoisotopic (exact) mass is 194 g/mol. The molecule has 0 bridgehead atoms. The van der Waals surface area contributed by atoms with Crippen LogP contribution in [0.1, 0.15) is 17.7 Å². The van der Waals surface area contributed by atoms with E-state index in [2.05, 4.69) is 10.5 Å². The van der Waals surface area contributed by atoms with Crippen molar-refractivity contribution in [3.63, 3.8) is 0 Å². The highest BCUT2D eigenvalue weighted by molar-refractivity contribution is 5.78. The van der Waals surface area contributed by atoms with Gasteiger partial charge in [-0.3, -0.25) is 14.9 Å². The van der Waals surface area contributed by atoms with Gasteiger partial charge in [-0.1, -0.05) is 0 Å². The molecule has 0 saturated heterocycles. The van der Waals surface area contributed by atoms with Crippen LogP contribution in [0.25, 0.3) is 0 Å². The molecule has 1 aromatic heterocycles. The van der Waals surface area contributed by atoms with Gasteiger partial charge in [-0.2, -0.15) is 5.10 Å². The van der Waals surface area contributed by atoms with E-state index in [0.717, 1.165) is 19.3 Å². The highest BCUT2D eigenvalue weighted by Gasteiger charge is 2.25. The van der Waals surface area contributed by atoms with Crippen LogP contribution in [0.15, 0.2) is 6.20 Å². The molecule has 1 aliphatic carbocycles. The lowest BCUT2D eigenvalue weighted by atomic mass is 9.87. The summed E-state index contributed by atoms with van der Waals surface area (Å²) in [5, 5.41) is 4.17. The van der Waals surface area contributed by atoms with E-state index in [1.54, 1.807) is 0 Å². The topological polar surface area (TPSA) is 72.9 Å². The number of amides is 1. The zero-order valence-corrected chi connectivity index (χ0v) is 8.16. The Morgan fingerprint density at radius 2 is 2.57 bits per heavy atom. The summed E-state index contributed by atoms with van der Waals surface area (Å²) < 4.78 is 1.88. The maximum Gasteiger partial charge on any atom is 0.237 e. The highest BCUT2D eigenvalue weighted by atomic mass is 16.2. The summed E-state index contributed by atoms with van der Waals surface area (Å²) in [6.07, 6.45) is 4.36. The molecular weight excluding hydrogens is 180 g/mol. The predicted molar refractivity (Wildman–Crippen MR) is 51.1 cm³/mol. The van der Waals surface area contributed by atoms with Crippen LogP contribution in [0, 0.1) is 5.92 Å². The molecule has 0 radical (unpaired) electrons. The molecule has 0 fully saturated rings. The van der Waals surface area contributed by atoms with Crippen LogP contribution in [0.4, 0.5) is 0 Å². The maximum absolute atomic E-state index is 11.3. The number of hydrazine groups is 1. The molecule has 0 aromatic carbocycles. The minimum absolute atomic E-state index is 0.0108. The molecule has 1 atom stereocenters. The van der Waals surface area contributed by atoms with Gasteiger partial charge in [-0.25, -0.2) is 5.84 Å². The Morgan fingerprint density at radius 1 is 1.79 bits per heavy atom. The smallest absolute Gasteiger partial charge is 0.237 e. The number of rotatable bonds is 1. The number of aromatic nitrogens is 2. The Balaban J connectivity index is 2.18. The van der Waals surface area contributed by atoms with Crippen LogP contribution >= 0.6 is 0 Å². The molecule has 1 aliphatic rings. The minimum Gasteiger partial charge on any atom is -0.294 e. The Kier molecular flexibility index (Phi) is 2.25. The van der Waals surface area contributed by atoms with Gasteiger partial charge in [0.2, 0.25) is 5.91 Å². The number of carbonyl (C=O) groups excluding carboxylic acids is 1. The predicted octanol–water partition coefficient (Wildman–Crippen LogP) is -0.485. The first kappa shape index (κ1) is 9.21. The molecule has 3 N–H and O–H groups in total. The first-order chi connectivity index (χ1) is 6.72. The van der Waals surface area contributed by atoms with Gasteiger partial charge >= 0.3 is 0 Å². The Labute approximate surface area is 82.2 Å². The molecule has 2 rings (SSSR count). The van der Waals surface area contributed by atoms with Gasteiger partial charge in [0.1, 0.15) is 0 Å². The fourth-order valence-electron chi connectivity index (χ4n) is 2.02. The van der Waals surface area contributed by atoms with Crippen molar-refractivity contribution in [3.8, 4) is 0 Å². The fraction of sp³-hybridized carbons (Fsp3) is 0.556. The van der Waals surface area contributed by atoms with E-state index in [9.17, 15) is 4.79 Å². The molecule has 1 heterocycles. The third-order valence-corrected chi connectivity index (χ3v) is 2.86. The third-order valence-electron chi connectivity index (χ3n) is 2.86. The molecule has 1 amide bonds. The van der Waals surface area contributed by atoms with E-state index in [1.807, 2.05) is 17.9 Å². The van der Waals surface area contributed by atoms with Gasteiger partial charge in [0, 0.05) is 18.7 Å². The summed E-state index contributed by atoms with van der Waals surface area (Å²) >= 11 is 0. The largest absolute Gasteiger partial charge is 0.294 e. The van der Waals surface area contributed by atoms with Crippen LogP contribution in [0.5, 0.6) is 0 Å². The molecule has 0 saturated carbocycles. The fourth-order valence-corrected chi connectivity index (χ4v) is 2.02. The van der Waals surface area contributed by atoms with Crippen molar-refractivity contribution in [3.05, 3.63) is 17.5 Å². The first-order valence-electron chi connectivity index (χ1n) is 4.72. The lowest BCUT2D eigenvalue weighted by Crippen LogP contribution is -2.38. The van der Waals surface area contributed by atoms with Crippen molar-refractivity contribution in [1.82, 2.24) is 15.2 Å². The summed E-state index contributed by atoms with van der Waals surface area (Å²) in [5.74, 6) is 5.05. The zero-order valence-electron chi connectivity index (χ0n) is 8.16. The van der Waals surface area contributed by atoms with E-state index in [-0.39, 0.29) is 11.8 Å². The Morgan fingerprint density at radius 3 is 3.29 bits per heavy atom. The molecule has 1 aromatic rings. The SMILES string of the molecule is Cn1ncc2c1CC[C@@H](C(=O)NN)C2. The molecular formula is C9H14N4O. The molecule has 5 heteroatoms. The van der Waals surface area contributed by atoms with E-state index < -0.39 is 0 Å². The number of aryl methyl sites for hydroxylation is 1. The van der Waals surface area contributed by atoms with Gasteiger partial charge in [0.15, 0.2) is 0 Å². The molecule has 0 spiro atoms. The number of carbonyl (C=O) groups is 1. The van der Waals surface area contributed by atoms with E-state index in [1.165, 1.54) is 11.3 Å². The Hall–Kier alpha value is -1.36. The normalized spacial score (nSPS) is 20.3. The summed E-state index contributed by atoms with van der Waals surface area (Å²) in [5.41, 5.74) is 4.62. The standard InChI is InChI=1S/C9H14N4O/c1-13-8-3-2-6(9(14)12-10)4-7(8)5-11-13/h5-6H,2-4,10H2,1H3,(H,12,14)/t6-/m1/s1. The van der Waals surface area contributed by atoms with Gasteiger partial charge in [-0.15, -0.1) is 0 Å². The van der Waals surface area contributed by atoms with E-state index in [4.69, 9.17) is 5.84 Å². The summed E-state index contributed by atoms with van der Waals surface area (Å²) in [6, 6.07) is 0. The average Bonchev–Trinajstić information content (AvgIpc) is 2.59. The van der Waals surface area contributed by atoms with Crippen LogP contribution in [0.3, 0.4) is 0 Å². The van der Waals surface area contributed by atoms with Crippen molar-refractivity contribution in [2.45, 2.75) is 19.3 Å². The van der Waals surface area contributed by atoms with Gasteiger partial charge < -0.3 is 0 Å².